The van der Waals surface area contributed by atoms with E-state index < -0.39 is 0 Å². The lowest BCUT2D eigenvalue weighted by Gasteiger charge is -2.06. The Bertz CT molecular complexity index is 525. The van der Waals surface area contributed by atoms with Crippen molar-refractivity contribution < 1.29 is 0 Å². The molecular weight excluding hydrogens is 310 g/mol. The predicted molar refractivity (Wildman–Crippen MR) is 80.6 cm³/mol. The van der Waals surface area contributed by atoms with Gasteiger partial charge in [-0.2, -0.15) is 0 Å². The molecule has 0 aliphatic rings. The molecule has 0 saturated heterocycles. The van der Waals surface area contributed by atoms with Gasteiger partial charge in [-0.05, 0) is 30.2 Å². The van der Waals surface area contributed by atoms with Gasteiger partial charge in [-0.15, -0.1) is 11.3 Å². The van der Waals surface area contributed by atoms with E-state index >= 15 is 0 Å². The summed E-state index contributed by atoms with van der Waals surface area (Å²) in [6, 6.07) is 5.85. The van der Waals surface area contributed by atoms with Crippen LogP contribution in [0.1, 0.15) is 22.4 Å². The van der Waals surface area contributed by atoms with E-state index in [-0.39, 0.29) is 0 Å². The van der Waals surface area contributed by atoms with Crippen LogP contribution in [0.15, 0.2) is 28.9 Å². The molecule has 96 valence electrons. The molecule has 0 radical (unpaired) electrons. The summed E-state index contributed by atoms with van der Waals surface area (Å²) in [5.41, 5.74) is 7.73. The van der Waals surface area contributed by atoms with Gasteiger partial charge in [0.1, 0.15) is 5.01 Å². The average molecular weight is 326 g/mol. The summed E-state index contributed by atoms with van der Waals surface area (Å²) < 4.78 is 1.08. The van der Waals surface area contributed by atoms with E-state index in [2.05, 4.69) is 33.2 Å². The van der Waals surface area contributed by atoms with Crippen molar-refractivity contribution >= 4 is 33.0 Å². The quantitative estimate of drug-likeness (QED) is 0.829. The summed E-state index contributed by atoms with van der Waals surface area (Å²) in [5, 5.41) is 4.52. The van der Waals surface area contributed by atoms with Crippen LogP contribution in [0.4, 0.5) is 5.69 Å². The fourth-order valence-corrected chi connectivity index (χ4v) is 2.85. The highest BCUT2D eigenvalue weighted by Crippen LogP contribution is 2.19. The number of rotatable bonds is 5. The predicted octanol–water partition coefficient (Wildman–Crippen LogP) is 3.34. The molecule has 2 rings (SSSR count). The highest BCUT2D eigenvalue weighted by atomic mass is 79.9. The Morgan fingerprint density at radius 1 is 1.39 bits per heavy atom. The number of nitrogens with zero attached hydrogens (tertiary/aromatic N) is 1. The number of aromatic nitrogens is 1. The van der Waals surface area contributed by atoms with Crippen LogP contribution in [0.3, 0.4) is 0 Å². The molecule has 5 heteroatoms. The van der Waals surface area contributed by atoms with Crippen LogP contribution in [0.25, 0.3) is 0 Å². The Morgan fingerprint density at radius 3 is 2.94 bits per heavy atom. The highest BCUT2D eigenvalue weighted by molar-refractivity contribution is 9.10. The lowest BCUT2D eigenvalue weighted by atomic mass is 10.2. The van der Waals surface area contributed by atoms with Gasteiger partial charge in [0.05, 0.1) is 0 Å². The Morgan fingerprint density at radius 2 is 2.22 bits per heavy atom. The van der Waals surface area contributed by atoms with Crippen LogP contribution in [0.5, 0.6) is 0 Å². The third kappa shape index (κ3) is 3.54. The number of benzene rings is 1. The molecule has 0 amide bonds. The van der Waals surface area contributed by atoms with Crippen LogP contribution in [-0.4, -0.2) is 4.98 Å². The summed E-state index contributed by atoms with van der Waals surface area (Å²) in [6.07, 6.45) is 3.01. The molecule has 2 aromatic rings. The van der Waals surface area contributed by atoms with Crippen LogP contribution >= 0.6 is 27.3 Å². The normalized spacial score (nSPS) is 10.8. The lowest BCUT2D eigenvalue weighted by Crippen LogP contribution is -2.13. The maximum atomic E-state index is 5.77. The topological polar surface area (TPSA) is 50.9 Å². The van der Waals surface area contributed by atoms with E-state index in [1.54, 1.807) is 11.3 Å². The molecule has 0 aliphatic heterocycles. The number of aryl methyl sites for hydroxylation is 1. The number of nitrogens with one attached hydrogen (secondary N) is 1. The van der Waals surface area contributed by atoms with Gasteiger partial charge in [0.2, 0.25) is 0 Å². The summed E-state index contributed by atoms with van der Waals surface area (Å²) in [5.74, 6) is 0. The monoisotopic (exact) mass is 325 g/mol. The zero-order chi connectivity index (χ0) is 13.0. The Hall–Kier alpha value is -0.910. The van der Waals surface area contributed by atoms with E-state index in [1.807, 2.05) is 24.4 Å². The van der Waals surface area contributed by atoms with Crippen LogP contribution in [0.2, 0.25) is 0 Å². The first-order valence-electron chi connectivity index (χ1n) is 5.87. The zero-order valence-corrected chi connectivity index (χ0v) is 12.6. The Labute approximate surface area is 120 Å². The standard InChI is InChI=1S/C13H16BrN3S/c1-2-11-7-17-13(18-11)8-16-6-9-5-10(15)3-4-12(9)14/h3-5,7,16H,2,6,8,15H2,1H3. The molecule has 1 aromatic carbocycles. The number of anilines is 1. The minimum absolute atomic E-state index is 0.784. The summed E-state index contributed by atoms with van der Waals surface area (Å²) in [6.45, 7) is 3.73. The SMILES string of the molecule is CCc1cnc(CNCc2cc(N)ccc2Br)s1. The summed E-state index contributed by atoms with van der Waals surface area (Å²) in [7, 11) is 0. The number of hydrogen-bond donors (Lipinski definition) is 2. The van der Waals surface area contributed by atoms with Gasteiger partial charge in [0, 0.05) is 34.3 Å². The third-order valence-corrected chi connectivity index (χ3v) is 4.53. The first-order chi connectivity index (χ1) is 8.69. The molecule has 0 unspecified atom stereocenters. The van der Waals surface area contributed by atoms with Gasteiger partial charge >= 0.3 is 0 Å². The molecule has 3 N–H and O–H groups in total. The fourth-order valence-electron chi connectivity index (χ4n) is 1.63. The average Bonchev–Trinajstić information content (AvgIpc) is 2.81. The van der Waals surface area contributed by atoms with Gasteiger partial charge in [-0.1, -0.05) is 22.9 Å². The number of hydrogen-bond acceptors (Lipinski definition) is 4. The molecule has 1 aromatic heterocycles. The minimum atomic E-state index is 0.784. The molecule has 0 spiro atoms. The molecule has 0 bridgehead atoms. The summed E-state index contributed by atoms with van der Waals surface area (Å²) in [4.78, 5) is 5.71. The first kappa shape index (κ1) is 13.5. The van der Waals surface area contributed by atoms with Gasteiger partial charge in [-0.25, -0.2) is 4.98 Å². The number of thiazole rings is 1. The first-order valence-corrected chi connectivity index (χ1v) is 7.48. The van der Waals surface area contributed by atoms with E-state index in [1.165, 1.54) is 10.4 Å². The van der Waals surface area contributed by atoms with E-state index in [4.69, 9.17) is 5.73 Å². The molecule has 18 heavy (non-hydrogen) atoms. The van der Waals surface area contributed by atoms with Crippen molar-refractivity contribution in [1.82, 2.24) is 10.3 Å². The van der Waals surface area contributed by atoms with Crippen LogP contribution in [0, 0.1) is 0 Å². The molecule has 3 nitrogen and oxygen atoms in total. The van der Waals surface area contributed by atoms with Gasteiger partial charge in [0.25, 0.3) is 0 Å². The van der Waals surface area contributed by atoms with E-state index in [9.17, 15) is 0 Å². The maximum Gasteiger partial charge on any atom is 0.107 e. The minimum Gasteiger partial charge on any atom is -0.399 e. The second-order valence-electron chi connectivity index (χ2n) is 4.03. The van der Waals surface area contributed by atoms with Gasteiger partial charge < -0.3 is 11.1 Å². The summed E-state index contributed by atoms with van der Waals surface area (Å²) >= 11 is 5.29. The molecule has 0 fully saturated rings. The lowest BCUT2D eigenvalue weighted by molar-refractivity contribution is 0.688. The third-order valence-electron chi connectivity index (χ3n) is 2.61. The highest BCUT2D eigenvalue weighted by Gasteiger charge is 2.02. The van der Waals surface area contributed by atoms with Crippen LogP contribution < -0.4 is 11.1 Å². The van der Waals surface area contributed by atoms with Crippen molar-refractivity contribution in [3.8, 4) is 0 Å². The van der Waals surface area contributed by atoms with E-state index in [0.29, 0.717) is 0 Å². The number of nitrogen functional groups attached to an aromatic ring is 1. The second kappa shape index (κ2) is 6.31. The maximum absolute atomic E-state index is 5.77. The number of nitrogens with two attached hydrogens (primary N) is 1. The van der Waals surface area contributed by atoms with Crippen molar-refractivity contribution in [3.05, 3.63) is 44.3 Å². The second-order valence-corrected chi connectivity index (χ2v) is 6.08. The largest absolute Gasteiger partial charge is 0.399 e. The van der Waals surface area contributed by atoms with Gasteiger partial charge in [-0.3, -0.25) is 0 Å². The zero-order valence-electron chi connectivity index (χ0n) is 10.2. The fraction of sp³-hybridized carbons (Fsp3) is 0.308. The van der Waals surface area contributed by atoms with Crippen molar-refractivity contribution in [2.45, 2.75) is 26.4 Å². The smallest absolute Gasteiger partial charge is 0.107 e. The number of halogens is 1. The molecule has 1 heterocycles. The molecule has 0 aliphatic carbocycles. The van der Waals surface area contributed by atoms with Crippen molar-refractivity contribution in [2.75, 3.05) is 5.73 Å². The molecular formula is C13H16BrN3S. The Balaban J connectivity index is 1.90. The van der Waals surface area contributed by atoms with Crippen molar-refractivity contribution in [2.24, 2.45) is 0 Å². The molecule has 0 saturated carbocycles. The Kier molecular flexibility index (Phi) is 4.74. The van der Waals surface area contributed by atoms with Crippen LogP contribution in [-0.2, 0) is 19.5 Å². The van der Waals surface area contributed by atoms with E-state index in [0.717, 1.165) is 34.7 Å². The van der Waals surface area contributed by atoms with Crippen molar-refractivity contribution in [3.63, 3.8) is 0 Å². The van der Waals surface area contributed by atoms with Crippen molar-refractivity contribution in [1.29, 1.82) is 0 Å². The van der Waals surface area contributed by atoms with Gasteiger partial charge in [0.15, 0.2) is 0 Å². The molecule has 0 atom stereocenters.